The average Bonchev–Trinajstić information content (AvgIpc) is 2.61. The van der Waals surface area contributed by atoms with E-state index in [1.54, 1.807) is 4.90 Å². The Balaban J connectivity index is 2.17. The molecule has 5 amide bonds. The van der Waals surface area contributed by atoms with Crippen molar-refractivity contribution >= 4 is 18.0 Å². The van der Waals surface area contributed by atoms with Gasteiger partial charge in [0.1, 0.15) is 0 Å². The summed E-state index contributed by atoms with van der Waals surface area (Å²) in [5, 5.41) is 11.2. The van der Waals surface area contributed by atoms with Crippen molar-refractivity contribution in [1.82, 2.24) is 15.5 Å². The standard InChI is InChI=1S/C8H13N5O3/c1-6(14)11-12-7(15)9-2-4-13-5-3-10-8(13)16/h2-5H2,1H3,(H,9,15)(H,10,16). The van der Waals surface area contributed by atoms with Crippen molar-refractivity contribution < 1.29 is 14.4 Å². The molecule has 1 saturated heterocycles. The molecule has 8 heteroatoms. The van der Waals surface area contributed by atoms with E-state index in [2.05, 4.69) is 20.9 Å². The smallest absolute Gasteiger partial charge is 0.336 e. The molecule has 0 unspecified atom stereocenters. The molecule has 2 N–H and O–H groups in total. The fourth-order valence-electron chi connectivity index (χ4n) is 1.17. The molecule has 0 aliphatic carbocycles. The number of azo groups is 1. The van der Waals surface area contributed by atoms with E-state index in [1.165, 1.54) is 6.92 Å². The van der Waals surface area contributed by atoms with Crippen LogP contribution in [0.5, 0.6) is 0 Å². The first-order chi connectivity index (χ1) is 7.59. The fraction of sp³-hybridized carbons (Fsp3) is 0.625. The molecule has 0 aromatic heterocycles. The molecule has 88 valence electrons. The van der Waals surface area contributed by atoms with Crippen LogP contribution in [0.25, 0.3) is 0 Å². The molecule has 0 atom stereocenters. The van der Waals surface area contributed by atoms with E-state index in [4.69, 9.17) is 0 Å². The number of rotatable bonds is 3. The van der Waals surface area contributed by atoms with Gasteiger partial charge in [-0.05, 0) is 0 Å². The van der Waals surface area contributed by atoms with Crippen molar-refractivity contribution in [3.63, 3.8) is 0 Å². The van der Waals surface area contributed by atoms with Crippen LogP contribution in [0.15, 0.2) is 10.2 Å². The molecular weight excluding hydrogens is 214 g/mol. The zero-order valence-electron chi connectivity index (χ0n) is 8.89. The van der Waals surface area contributed by atoms with E-state index in [1.807, 2.05) is 0 Å². The Morgan fingerprint density at radius 2 is 2.25 bits per heavy atom. The summed E-state index contributed by atoms with van der Waals surface area (Å²) < 4.78 is 0. The highest BCUT2D eigenvalue weighted by molar-refractivity contribution is 5.79. The lowest BCUT2D eigenvalue weighted by Crippen LogP contribution is -2.35. The molecule has 16 heavy (non-hydrogen) atoms. The van der Waals surface area contributed by atoms with Gasteiger partial charge in [0.05, 0.1) is 0 Å². The van der Waals surface area contributed by atoms with Crippen LogP contribution >= 0.6 is 0 Å². The lowest BCUT2D eigenvalue weighted by Gasteiger charge is -2.13. The van der Waals surface area contributed by atoms with Gasteiger partial charge in [0, 0.05) is 33.1 Å². The number of carbonyl (C=O) groups is 3. The first-order valence-electron chi connectivity index (χ1n) is 4.82. The minimum atomic E-state index is -0.685. The highest BCUT2D eigenvalue weighted by Crippen LogP contribution is 1.94. The third kappa shape index (κ3) is 4.03. The van der Waals surface area contributed by atoms with Gasteiger partial charge in [-0.1, -0.05) is 5.11 Å². The third-order valence-electron chi connectivity index (χ3n) is 1.88. The first kappa shape index (κ1) is 12.1. The Hall–Kier alpha value is -1.99. The lowest BCUT2D eigenvalue weighted by molar-refractivity contribution is -0.116. The van der Waals surface area contributed by atoms with Gasteiger partial charge in [-0.2, -0.15) is 0 Å². The van der Waals surface area contributed by atoms with E-state index in [0.29, 0.717) is 19.6 Å². The summed E-state index contributed by atoms with van der Waals surface area (Å²) in [6.07, 6.45) is 0. The van der Waals surface area contributed by atoms with Crippen molar-refractivity contribution in [3.8, 4) is 0 Å². The fourth-order valence-corrected chi connectivity index (χ4v) is 1.17. The number of amides is 5. The summed E-state index contributed by atoms with van der Waals surface area (Å²) in [7, 11) is 0. The van der Waals surface area contributed by atoms with Gasteiger partial charge in [-0.15, -0.1) is 5.11 Å². The molecule has 1 aliphatic heterocycles. The summed E-state index contributed by atoms with van der Waals surface area (Å²) in [6, 6.07) is -0.825. The van der Waals surface area contributed by atoms with Gasteiger partial charge in [-0.3, -0.25) is 4.79 Å². The van der Waals surface area contributed by atoms with Gasteiger partial charge in [0.2, 0.25) is 0 Å². The Kier molecular flexibility index (Phi) is 4.37. The van der Waals surface area contributed by atoms with E-state index < -0.39 is 11.9 Å². The summed E-state index contributed by atoms with van der Waals surface area (Å²) in [5.41, 5.74) is 0. The van der Waals surface area contributed by atoms with Crippen molar-refractivity contribution in [2.45, 2.75) is 6.92 Å². The minimum Gasteiger partial charge on any atom is -0.336 e. The molecule has 0 aromatic carbocycles. The minimum absolute atomic E-state index is 0.139. The molecular formula is C8H13N5O3. The molecule has 0 radical (unpaired) electrons. The van der Waals surface area contributed by atoms with Gasteiger partial charge >= 0.3 is 12.1 Å². The van der Waals surface area contributed by atoms with Crippen molar-refractivity contribution in [1.29, 1.82) is 0 Å². The van der Waals surface area contributed by atoms with Crippen LogP contribution in [0.2, 0.25) is 0 Å². The number of carbonyl (C=O) groups excluding carboxylic acids is 3. The second-order valence-electron chi connectivity index (χ2n) is 3.17. The molecule has 1 rings (SSSR count). The number of urea groups is 2. The van der Waals surface area contributed by atoms with Gasteiger partial charge < -0.3 is 15.5 Å². The van der Waals surface area contributed by atoms with Crippen LogP contribution < -0.4 is 10.6 Å². The van der Waals surface area contributed by atoms with Gasteiger partial charge in [-0.25, -0.2) is 9.59 Å². The maximum Gasteiger partial charge on any atom is 0.359 e. The molecule has 1 heterocycles. The summed E-state index contributed by atoms with van der Waals surface area (Å²) in [6.45, 7) is 3.14. The van der Waals surface area contributed by atoms with Crippen LogP contribution in [0, 0.1) is 0 Å². The zero-order chi connectivity index (χ0) is 12.0. The Bertz CT molecular complexity index is 328. The number of hydrogen-bond donors (Lipinski definition) is 2. The average molecular weight is 227 g/mol. The summed E-state index contributed by atoms with van der Waals surface area (Å²) in [4.78, 5) is 34.0. The second-order valence-corrected chi connectivity index (χ2v) is 3.17. The molecule has 0 bridgehead atoms. The summed E-state index contributed by atoms with van der Waals surface area (Å²) in [5.74, 6) is -0.533. The third-order valence-corrected chi connectivity index (χ3v) is 1.88. The van der Waals surface area contributed by atoms with E-state index in [9.17, 15) is 14.4 Å². The molecule has 1 aliphatic rings. The highest BCUT2D eigenvalue weighted by atomic mass is 16.2. The topological polar surface area (TPSA) is 103 Å². The Labute approximate surface area is 92.1 Å². The monoisotopic (exact) mass is 227 g/mol. The van der Waals surface area contributed by atoms with E-state index in [-0.39, 0.29) is 12.6 Å². The Morgan fingerprint density at radius 3 is 2.81 bits per heavy atom. The maximum absolute atomic E-state index is 11.1. The molecule has 0 spiro atoms. The van der Waals surface area contributed by atoms with E-state index in [0.717, 1.165) is 0 Å². The number of nitrogens with one attached hydrogen (secondary N) is 2. The van der Waals surface area contributed by atoms with Crippen LogP contribution in [0.3, 0.4) is 0 Å². The van der Waals surface area contributed by atoms with Crippen molar-refractivity contribution in [2.75, 3.05) is 26.2 Å². The molecule has 0 aromatic rings. The van der Waals surface area contributed by atoms with Crippen LogP contribution in [-0.4, -0.2) is 49.0 Å². The summed E-state index contributed by atoms with van der Waals surface area (Å²) >= 11 is 0. The predicted octanol–water partition coefficient (Wildman–Crippen LogP) is -0.280. The molecule has 0 saturated carbocycles. The van der Waals surface area contributed by atoms with Gasteiger partial charge in [0.25, 0.3) is 5.91 Å². The van der Waals surface area contributed by atoms with Gasteiger partial charge in [0.15, 0.2) is 0 Å². The number of nitrogens with zero attached hydrogens (tertiary/aromatic N) is 3. The second kappa shape index (κ2) is 5.79. The molecule has 8 nitrogen and oxygen atoms in total. The quantitative estimate of drug-likeness (QED) is 0.648. The van der Waals surface area contributed by atoms with Crippen molar-refractivity contribution in [3.05, 3.63) is 0 Å². The SMILES string of the molecule is CC(=O)N=NC(=O)NCCN1CCNC1=O. The van der Waals surface area contributed by atoms with Crippen molar-refractivity contribution in [2.24, 2.45) is 10.2 Å². The normalized spacial score (nSPS) is 15.3. The number of hydrogen-bond acceptors (Lipinski definition) is 3. The lowest BCUT2D eigenvalue weighted by atomic mass is 10.5. The van der Waals surface area contributed by atoms with Crippen LogP contribution in [0.4, 0.5) is 9.59 Å². The van der Waals surface area contributed by atoms with Crippen LogP contribution in [0.1, 0.15) is 6.92 Å². The van der Waals surface area contributed by atoms with E-state index >= 15 is 0 Å². The largest absolute Gasteiger partial charge is 0.359 e. The highest BCUT2D eigenvalue weighted by Gasteiger charge is 2.18. The Morgan fingerprint density at radius 1 is 1.50 bits per heavy atom. The maximum atomic E-state index is 11.1. The molecule has 1 fully saturated rings. The zero-order valence-corrected chi connectivity index (χ0v) is 8.89. The van der Waals surface area contributed by atoms with Crippen LogP contribution in [-0.2, 0) is 4.79 Å². The predicted molar refractivity (Wildman–Crippen MR) is 53.9 cm³/mol. The first-order valence-corrected chi connectivity index (χ1v) is 4.82.